The van der Waals surface area contributed by atoms with Gasteiger partial charge in [0.2, 0.25) is 16.0 Å². The Morgan fingerprint density at radius 3 is 3.00 bits per heavy atom. The molecule has 30 heavy (non-hydrogen) atoms. The molecule has 0 spiro atoms. The molecule has 2 aromatic heterocycles. The van der Waals surface area contributed by atoms with Gasteiger partial charge in [0.15, 0.2) is 0 Å². The lowest BCUT2D eigenvalue weighted by molar-refractivity contribution is -0.126. The molecular formula is C22H25N5O2S. The average Bonchev–Trinajstić information content (AvgIpc) is 3.19. The molecule has 2 aliphatic rings. The van der Waals surface area contributed by atoms with Crippen molar-refractivity contribution in [2.75, 3.05) is 18.0 Å². The van der Waals surface area contributed by atoms with E-state index in [2.05, 4.69) is 44.6 Å². The van der Waals surface area contributed by atoms with Gasteiger partial charge >= 0.3 is 0 Å². The zero-order chi connectivity index (χ0) is 20.7. The van der Waals surface area contributed by atoms with Crippen LogP contribution in [0.1, 0.15) is 48.5 Å². The average molecular weight is 424 g/mol. The molecule has 1 amide bonds. The van der Waals surface area contributed by atoms with Crippen molar-refractivity contribution in [2.24, 2.45) is 5.92 Å². The highest BCUT2D eigenvalue weighted by Crippen LogP contribution is 2.31. The van der Waals surface area contributed by atoms with Crippen LogP contribution in [0.3, 0.4) is 0 Å². The minimum atomic E-state index is -0.165. The molecule has 156 valence electrons. The summed E-state index contributed by atoms with van der Waals surface area (Å²) < 4.78 is 1.36. The minimum Gasteiger partial charge on any atom is -0.349 e. The van der Waals surface area contributed by atoms with Gasteiger partial charge in [-0.3, -0.25) is 9.59 Å². The van der Waals surface area contributed by atoms with Crippen molar-refractivity contribution >= 4 is 27.3 Å². The van der Waals surface area contributed by atoms with Gasteiger partial charge in [0.1, 0.15) is 0 Å². The highest BCUT2D eigenvalue weighted by molar-refractivity contribution is 7.20. The number of aryl methyl sites for hydroxylation is 2. The van der Waals surface area contributed by atoms with Crippen molar-refractivity contribution in [3.05, 3.63) is 57.5 Å². The molecule has 7 nitrogen and oxygen atoms in total. The van der Waals surface area contributed by atoms with Crippen molar-refractivity contribution in [3.8, 4) is 0 Å². The Hall–Kier alpha value is -2.74. The third-order valence-corrected chi connectivity index (χ3v) is 7.08. The zero-order valence-corrected chi connectivity index (χ0v) is 17.8. The van der Waals surface area contributed by atoms with Crippen LogP contribution < -0.4 is 15.8 Å². The Labute approximate surface area is 178 Å². The van der Waals surface area contributed by atoms with E-state index in [4.69, 9.17) is 0 Å². The number of nitrogens with zero attached hydrogens (tertiary/aromatic N) is 4. The summed E-state index contributed by atoms with van der Waals surface area (Å²) in [5, 5.41) is 8.54. The smallest absolute Gasteiger partial charge is 0.275 e. The van der Waals surface area contributed by atoms with Crippen LogP contribution in [-0.2, 0) is 11.2 Å². The summed E-state index contributed by atoms with van der Waals surface area (Å²) in [6.07, 6.45) is 4.98. The Morgan fingerprint density at radius 1 is 1.23 bits per heavy atom. The Balaban J connectivity index is 1.32. The molecule has 1 fully saturated rings. The molecule has 0 bridgehead atoms. The Morgan fingerprint density at radius 2 is 2.10 bits per heavy atom. The van der Waals surface area contributed by atoms with Crippen LogP contribution >= 0.6 is 11.3 Å². The normalized spacial score (nSPS) is 21.4. The van der Waals surface area contributed by atoms with Gasteiger partial charge in [-0.1, -0.05) is 35.6 Å². The van der Waals surface area contributed by atoms with Crippen LogP contribution in [0.2, 0.25) is 0 Å². The number of aromatic nitrogens is 3. The first kappa shape index (κ1) is 19.2. The molecule has 2 atom stereocenters. The van der Waals surface area contributed by atoms with E-state index in [1.807, 2.05) is 6.92 Å². The molecule has 1 aromatic carbocycles. The van der Waals surface area contributed by atoms with Crippen molar-refractivity contribution in [1.82, 2.24) is 19.9 Å². The highest BCUT2D eigenvalue weighted by Gasteiger charge is 2.30. The van der Waals surface area contributed by atoms with E-state index >= 15 is 0 Å². The third kappa shape index (κ3) is 3.60. The molecule has 1 N–H and O–H groups in total. The zero-order valence-electron chi connectivity index (χ0n) is 17.0. The van der Waals surface area contributed by atoms with Crippen LogP contribution in [-0.4, -0.2) is 33.6 Å². The third-order valence-electron chi connectivity index (χ3n) is 6.11. The summed E-state index contributed by atoms with van der Waals surface area (Å²) in [4.78, 5) is 32.4. The highest BCUT2D eigenvalue weighted by atomic mass is 32.1. The van der Waals surface area contributed by atoms with E-state index in [9.17, 15) is 9.59 Å². The second-order valence-electron chi connectivity index (χ2n) is 8.25. The lowest BCUT2D eigenvalue weighted by Gasteiger charge is -2.33. The molecule has 1 aliphatic carbocycles. The molecule has 8 heteroatoms. The van der Waals surface area contributed by atoms with Gasteiger partial charge in [0.25, 0.3) is 5.56 Å². The summed E-state index contributed by atoms with van der Waals surface area (Å²) in [5.41, 5.74) is 3.14. The Kier molecular flexibility index (Phi) is 5.02. The number of carbonyl (C=O) groups is 1. The first-order valence-electron chi connectivity index (χ1n) is 10.6. The number of hydrogen-bond donors (Lipinski definition) is 1. The van der Waals surface area contributed by atoms with Gasteiger partial charge < -0.3 is 10.2 Å². The number of anilines is 1. The number of nitrogens with one attached hydrogen (secondary N) is 1. The number of carbonyl (C=O) groups excluding carboxylic acids is 1. The maximum Gasteiger partial charge on any atom is 0.275 e. The van der Waals surface area contributed by atoms with Crippen LogP contribution in [0, 0.1) is 12.8 Å². The summed E-state index contributed by atoms with van der Waals surface area (Å²) in [5.74, 6) is 0.0416. The number of amides is 1. The molecular weight excluding hydrogens is 398 g/mol. The van der Waals surface area contributed by atoms with Crippen molar-refractivity contribution in [1.29, 1.82) is 0 Å². The number of piperidine rings is 1. The summed E-state index contributed by atoms with van der Waals surface area (Å²) in [6.45, 7) is 3.27. The van der Waals surface area contributed by atoms with Crippen LogP contribution in [0.4, 0.5) is 5.13 Å². The number of rotatable bonds is 3. The molecule has 1 aliphatic heterocycles. The van der Waals surface area contributed by atoms with E-state index in [-0.39, 0.29) is 23.4 Å². The molecule has 1 saturated heterocycles. The summed E-state index contributed by atoms with van der Waals surface area (Å²) in [7, 11) is 0. The van der Waals surface area contributed by atoms with E-state index in [1.54, 1.807) is 0 Å². The predicted molar refractivity (Wildman–Crippen MR) is 117 cm³/mol. The lowest BCUT2D eigenvalue weighted by atomic mass is 9.87. The SMILES string of the molecule is Cc1cc(=O)n2nc(N3CCC[C@H](C(=O)N[C@@H]4CCCc5ccccc54)C3)sc2n1. The summed E-state index contributed by atoms with van der Waals surface area (Å²) >= 11 is 1.41. The molecule has 5 rings (SSSR count). The molecule has 0 unspecified atom stereocenters. The first-order chi connectivity index (χ1) is 14.6. The van der Waals surface area contributed by atoms with Crippen LogP contribution in [0.25, 0.3) is 4.96 Å². The minimum absolute atomic E-state index is 0.0775. The molecule has 3 heterocycles. The van der Waals surface area contributed by atoms with Gasteiger partial charge in [0.05, 0.1) is 12.0 Å². The second kappa shape index (κ2) is 7.83. The second-order valence-corrected chi connectivity index (χ2v) is 9.19. The maximum absolute atomic E-state index is 13.1. The van der Waals surface area contributed by atoms with E-state index in [1.165, 1.54) is 33.0 Å². The van der Waals surface area contributed by atoms with Crippen molar-refractivity contribution in [3.63, 3.8) is 0 Å². The predicted octanol–water partition coefficient (Wildman–Crippen LogP) is 2.87. The van der Waals surface area contributed by atoms with E-state index in [0.29, 0.717) is 17.2 Å². The monoisotopic (exact) mass is 423 g/mol. The van der Waals surface area contributed by atoms with Gasteiger partial charge in [-0.2, -0.15) is 4.52 Å². The largest absolute Gasteiger partial charge is 0.349 e. The Bertz CT molecular complexity index is 1150. The maximum atomic E-state index is 13.1. The lowest BCUT2D eigenvalue weighted by Crippen LogP contribution is -2.44. The van der Waals surface area contributed by atoms with Gasteiger partial charge in [-0.05, 0) is 50.2 Å². The quantitative estimate of drug-likeness (QED) is 0.701. The summed E-state index contributed by atoms with van der Waals surface area (Å²) in [6, 6.07) is 10.0. The topological polar surface area (TPSA) is 79.6 Å². The van der Waals surface area contributed by atoms with Gasteiger partial charge in [0, 0.05) is 24.8 Å². The van der Waals surface area contributed by atoms with Crippen LogP contribution in [0.15, 0.2) is 35.1 Å². The molecule has 0 saturated carbocycles. The van der Waals surface area contributed by atoms with Crippen molar-refractivity contribution in [2.45, 2.75) is 45.1 Å². The standard InChI is InChI=1S/C22H25N5O2S/c1-14-12-19(28)27-21(23-14)30-22(25-27)26-11-5-8-16(13-26)20(29)24-18-10-4-7-15-6-2-3-9-17(15)18/h2-3,6,9,12,16,18H,4-5,7-8,10-11,13H2,1H3,(H,24,29)/t16-,18+/m0/s1. The van der Waals surface area contributed by atoms with Crippen molar-refractivity contribution < 1.29 is 4.79 Å². The van der Waals surface area contributed by atoms with Gasteiger partial charge in [-0.15, -0.1) is 5.10 Å². The fraction of sp³-hybridized carbons (Fsp3) is 0.455. The number of fused-ring (bicyclic) bond motifs is 2. The van der Waals surface area contributed by atoms with E-state index in [0.717, 1.165) is 43.8 Å². The fourth-order valence-corrected chi connectivity index (χ4v) is 5.58. The van der Waals surface area contributed by atoms with E-state index < -0.39 is 0 Å². The van der Waals surface area contributed by atoms with Gasteiger partial charge in [-0.25, -0.2) is 4.98 Å². The first-order valence-corrected chi connectivity index (χ1v) is 11.4. The molecule has 0 radical (unpaired) electrons. The number of benzene rings is 1. The number of hydrogen-bond acceptors (Lipinski definition) is 6. The fourth-order valence-electron chi connectivity index (χ4n) is 4.60. The molecule has 3 aromatic rings. The van der Waals surface area contributed by atoms with Crippen LogP contribution in [0.5, 0.6) is 0 Å².